The van der Waals surface area contributed by atoms with Crippen molar-refractivity contribution in [2.45, 2.75) is 80.6 Å². The molecule has 1 aliphatic rings. The fourth-order valence-corrected chi connectivity index (χ4v) is 5.18. The molecular formula is C19H30INO3S. The summed E-state index contributed by atoms with van der Waals surface area (Å²) in [7, 11) is -1.16. The summed E-state index contributed by atoms with van der Waals surface area (Å²) in [6.07, 6.45) is 1.80. The van der Waals surface area contributed by atoms with Gasteiger partial charge in [0.1, 0.15) is 11.0 Å². The van der Waals surface area contributed by atoms with Crippen LogP contribution in [-0.2, 0) is 22.3 Å². The number of aliphatic hydroxyl groups is 1. The summed E-state index contributed by atoms with van der Waals surface area (Å²) in [5.74, 6) is 0. The maximum absolute atomic E-state index is 13.3. The van der Waals surface area contributed by atoms with Gasteiger partial charge < -0.3 is 9.84 Å². The lowest BCUT2D eigenvalue weighted by Gasteiger charge is -2.41. The quantitative estimate of drug-likeness (QED) is 0.495. The molecule has 0 aliphatic carbocycles. The maximum atomic E-state index is 13.3. The zero-order valence-corrected chi connectivity index (χ0v) is 18.5. The molecule has 1 aromatic carbocycles. The molecule has 3 unspecified atom stereocenters. The van der Waals surface area contributed by atoms with Gasteiger partial charge in [0.2, 0.25) is 0 Å². The fourth-order valence-electron chi connectivity index (χ4n) is 3.15. The van der Waals surface area contributed by atoms with Crippen LogP contribution in [0.25, 0.3) is 0 Å². The Bertz CT molecular complexity index is 564. The zero-order chi connectivity index (χ0) is 18.6. The fraction of sp³-hybridized carbons (Fsp3) is 0.684. The number of aliphatic hydroxyl groups excluding tert-OH is 1. The summed E-state index contributed by atoms with van der Waals surface area (Å²) in [4.78, 5) is 0. The van der Waals surface area contributed by atoms with E-state index in [4.69, 9.17) is 4.74 Å². The van der Waals surface area contributed by atoms with Crippen molar-refractivity contribution in [1.29, 1.82) is 0 Å². The lowest BCUT2D eigenvalue weighted by atomic mass is 9.99. The number of alkyl halides is 1. The van der Waals surface area contributed by atoms with Crippen molar-refractivity contribution < 1.29 is 14.1 Å². The van der Waals surface area contributed by atoms with E-state index in [1.807, 2.05) is 39.0 Å². The molecule has 1 heterocycles. The molecule has 1 aliphatic heterocycles. The third-order valence-electron chi connectivity index (χ3n) is 4.49. The van der Waals surface area contributed by atoms with Crippen LogP contribution in [0.3, 0.4) is 0 Å². The molecule has 2 rings (SSSR count). The summed E-state index contributed by atoms with van der Waals surface area (Å²) in [6, 6.07) is 10.2. The summed E-state index contributed by atoms with van der Waals surface area (Å²) in [5.41, 5.74) is 1.14. The SMILES string of the molecule is CC[C@H]([C@@H]1CCC(I)C(O)O1)N(Cc1ccccc1)S(=O)C(C)(C)C. The third kappa shape index (κ3) is 5.73. The van der Waals surface area contributed by atoms with Gasteiger partial charge in [-0.2, -0.15) is 0 Å². The van der Waals surface area contributed by atoms with Crippen molar-refractivity contribution in [2.75, 3.05) is 0 Å². The van der Waals surface area contributed by atoms with E-state index in [1.54, 1.807) is 0 Å². The molecule has 4 nitrogen and oxygen atoms in total. The maximum Gasteiger partial charge on any atom is 0.166 e. The minimum absolute atomic E-state index is 0.0128. The van der Waals surface area contributed by atoms with Gasteiger partial charge in [0.15, 0.2) is 6.29 Å². The van der Waals surface area contributed by atoms with E-state index < -0.39 is 17.3 Å². The van der Waals surface area contributed by atoms with Crippen LogP contribution in [0.5, 0.6) is 0 Å². The van der Waals surface area contributed by atoms with Gasteiger partial charge in [0.25, 0.3) is 0 Å². The third-order valence-corrected chi connectivity index (χ3v) is 7.60. The summed E-state index contributed by atoms with van der Waals surface area (Å²) in [6.45, 7) is 8.74. The highest BCUT2D eigenvalue weighted by atomic mass is 127. The Kier molecular flexibility index (Phi) is 7.88. The number of ether oxygens (including phenoxy) is 1. The van der Waals surface area contributed by atoms with Gasteiger partial charge >= 0.3 is 0 Å². The van der Waals surface area contributed by atoms with Gasteiger partial charge in [-0.05, 0) is 45.6 Å². The van der Waals surface area contributed by atoms with Crippen LogP contribution in [0, 0.1) is 0 Å². The zero-order valence-electron chi connectivity index (χ0n) is 15.5. The summed E-state index contributed by atoms with van der Waals surface area (Å²) < 4.78 is 21.0. The van der Waals surface area contributed by atoms with E-state index in [1.165, 1.54) is 0 Å². The van der Waals surface area contributed by atoms with Crippen LogP contribution in [0.15, 0.2) is 30.3 Å². The molecule has 1 aromatic rings. The van der Waals surface area contributed by atoms with Gasteiger partial charge in [0, 0.05) is 12.6 Å². The van der Waals surface area contributed by atoms with Crippen LogP contribution in [-0.4, -0.2) is 40.7 Å². The van der Waals surface area contributed by atoms with E-state index in [0.29, 0.717) is 6.54 Å². The number of hydrogen-bond donors (Lipinski definition) is 1. The van der Waals surface area contributed by atoms with Gasteiger partial charge in [-0.25, -0.2) is 8.51 Å². The van der Waals surface area contributed by atoms with Crippen LogP contribution >= 0.6 is 22.6 Å². The molecule has 1 fully saturated rings. The molecule has 1 N–H and O–H groups in total. The Hall–Kier alpha value is -0.0200. The molecule has 142 valence electrons. The van der Waals surface area contributed by atoms with Gasteiger partial charge in [-0.15, -0.1) is 0 Å². The second kappa shape index (κ2) is 9.26. The monoisotopic (exact) mass is 479 g/mol. The van der Waals surface area contributed by atoms with Crippen LogP contribution in [0.1, 0.15) is 52.5 Å². The molecule has 1 saturated heterocycles. The van der Waals surface area contributed by atoms with E-state index >= 15 is 0 Å². The molecule has 6 heteroatoms. The molecule has 0 aromatic heterocycles. The average Bonchev–Trinajstić information content (AvgIpc) is 2.57. The van der Waals surface area contributed by atoms with E-state index in [-0.39, 0.29) is 20.8 Å². The minimum Gasteiger partial charge on any atom is -0.367 e. The second-order valence-corrected chi connectivity index (χ2v) is 11.3. The molecule has 0 amide bonds. The molecular weight excluding hydrogens is 449 g/mol. The average molecular weight is 479 g/mol. The first-order valence-electron chi connectivity index (χ1n) is 8.94. The van der Waals surface area contributed by atoms with Crippen LogP contribution in [0.4, 0.5) is 0 Å². The lowest BCUT2D eigenvalue weighted by Crippen LogP contribution is -2.52. The largest absolute Gasteiger partial charge is 0.367 e. The molecule has 0 saturated carbocycles. The van der Waals surface area contributed by atoms with E-state index in [0.717, 1.165) is 24.8 Å². The predicted molar refractivity (Wildman–Crippen MR) is 112 cm³/mol. The van der Waals surface area contributed by atoms with E-state index in [9.17, 15) is 9.32 Å². The molecule has 25 heavy (non-hydrogen) atoms. The van der Waals surface area contributed by atoms with Crippen molar-refractivity contribution in [3.05, 3.63) is 35.9 Å². The lowest BCUT2D eigenvalue weighted by molar-refractivity contribution is -0.170. The van der Waals surface area contributed by atoms with Crippen LogP contribution in [0.2, 0.25) is 0 Å². The molecule has 0 spiro atoms. The molecule has 5 atom stereocenters. The number of nitrogens with zero attached hydrogens (tertiary/aromatic N) is 1. The number of benzene rings is 1. The summed E-state index contributed by atoms with van der Waals surface area (Å²) in [5, 5.41) is 10.1. The first-order chi connectivity index (χ1) is 11.7. The van der Waals surface area contributed by atoms with Gasteiger partial charge in [-0.1, -0.05) is 59.8 Å². The number of halogens is 1. The molecule has 0 bridgehead atoms. The first kappa shape index (κ1) is 21.3. The highest BCUT2D eigenvalue weighted by Gasteiger charge is 2.39. The van der Waals surface area contributed by atoms with Gasteiger partial charge in [0.05, 0.1) is 14.8 Å². The van der Waals surface area contributed by atoms with Crippen molar-refractivity contribution in [1.82, 2.24) is 4.31 Å². The Balaban J connectivity index is 2.26. The number of hydrogen-bond acceptors (Lipinski definition) is 3. The van der Waals surface area contributed by atoms with E-state index in [2.05, 4.69) is 46.0 Å². The Morgan fingerprint density at radius 1 is 1.32 bits per heavy atom. The normalized spacial score (nSPS) is 27.2. The van der Waals surface area contributed by atoms with Gasteiger partial charge in [-0.3, -0.25) is 0 Å². The first-order valence-corrected chi connectivity index (χ1v) is 11.3. The van der Waals surface area contributed by atoms with Crippen molar-refractivity contribution >= 4 is 33.6 Å². The Morgan fingerprint density at radius 2 is 1.96 bits per heavy atom. The van der Waals surface area contributed by atoms with Crippen molar-refractivity contribution in [3.8, 4) is 0 Å². The molecule has 0 radical (unpaired) electrons. The van der Waals surface area contributed by atoms with Crippen LogP contribution < -0.4 is 0 Å². The highest BCUT2D eigenvalue weighted by Crippen LogP contribution is 2.31. The minimum atomic E-state index is -1.16. The number of rotatable bonds is 6. The van der Waals surface area contributed by atoms with Crippen molar-refractivity contribution in [3.63, 3.8) is 0 Å². The smallest absolute Gasteiger partial charge is 0.166 e. The highest BCUT2D eigenvalue weighted by molar-refractivity contribution is 14.1. The topological polar surface area (TPSA) is 49.8 Å². The summed E-state index contributed by atoms with van der Waals surface area (Å²) >= 11 is 2.24. The Morgan fingerprint density at radius 3 is 2.48 bits per heavy atom. The Labute approximate surface area is 168 Å². The standard InChI is InChI=1S/C19H30INO3S/c1-5-16(17-12-11-15(20)18(22)24-17)21(25(23)19(2,3)4)13-14-9-7-6-8-10-14/h6-10,15-18,22H,5,11-13H2,1-4H3/t15?,16-,17+,18?,25?/m1/s1. The second-order valence-electron chi connectivity index (χ2n) is 7.56. The predicted octanol–water partition coefficient (Wildman–Crippen LogP) is 4.03. The van der Waals surface area contributed by atoms with Crippen molar-refractivity contribution in [2.24, 2.45) is 0 Å².